The molecule has 0 spiro atoms. The molecule has 0 saturated heterocycles. The lowest BCUT2D eigenvalue weighted by atomic mass is 10.1. The van der Waals surface area contributed by atoms with Gasteiger partial charge in [0.1, 0.15) is 5.01 Å². The minimum atomic E-state index is -0.0332. The summed E-state index contributed by atoms with van der Waals surface area (Å²) in [5, 5.41) is 5.83. The molecule has 1 N–H and O–H groups in total. The maximum atomic E-state index is 12.3. The zero-order valence-electron chi connectivity index (χ0n) is 15.8. The van der Waals surface area contributed by atoms with E-state index in [9.17, 15) is 4.79 Å². The molecule has 0 aliphatic carbocycles. The Morgan fingerprint density at radius 1 is 1.19 bits per heavy atom. The van der Waals surface area contributed by atoms with E-state index in [1.165, 1.54) is 28.3 Å². The van der Waals surface area contributed by atoms with E-state index in [1.807, 2.05) is 29.6 Å². The number of hydrogen-bond acceptors (Lipinski definition) is 3. The summed E-state index contributed by atoms with van der Waals surface area (Å²) >= 11 is 1.54. The highest BCUT2D eigenvalue weighted by molar-refractivity contribution is 7.10. The third-order valence-electron chi connectivity index (χ3n) is 4.68. The lowest BCUT2D eigenvalue weighted by Crippen LogP contribution is -2.14. The highest BCUT2D eigenvalue weighted by Crippen LogP contribution is 2.28. The van der Waals surface area contributed by atoms with Crippen molar-refractivity contribution < 1.29 is 4.79 Å². The summed E-state index contributed by atoms with van der Waals surface area (Å²) in [5.74, 6) is -0.0332. The van der Waals surface area contributed by atoms with Crippen LogP contribution in [0.5, 0.6) is 0 Å². The average Bonchev–Trinajstić information content (AvgIpc) is 3.19. The first kappa shape index (κ1) is 18.4. The highest BCUT2D eigenvalue weighted by Gasteiger charge is 2.14. The number of hydrogen-bond donors (Lipinski definition) is 1. The molecule has 0 aliphatic rings. The number of amides is 1. The molecule has 3 aromatic rings. The summed E-state index contributed by atoms with van der Waals surface area (Å²) in [6.45, 7) is 9.45. The summed E-state index contributed by atoms with van der Waals surface area (Å²) in [5.41, 5.74) is 6.66. The monoisotopic (exact) mass is 367 g/mol. The van der Waals surface area contributed by atoms with Crippen LogP contribution >= 0.6 is 11.3 Å². The van der Waals surface area contributed by atoms with Crippen LogP contribution in [0.2, 0.25) is 0 Å². The SMILES string of the molecule is CCc1ccc(NC(=O)Cc2nc(-c3cc(C)n(CC)c3C)cs2)cc1. The molecule has 0 aliphatic heterocycles. The van der Waals surface area contributed by atoms with Gasteiger partial charge in [0, 0.05) is 34.6 Å². The van der Waals surface area contributed by atoms with Gasteiger partial charge in [-0.05, 0) is 51.0 Å². The fraction of sp³-hybridized carbons (Fsp3) is 0.333. The van der Waals surface area contributed by atoms with Gasteiger partial charge in [0.25, 0.3) is 0 Å². The molecule has 2 aromatic heterocycles. The molecule has 0 fully saturated rings. The Morgan fingerprint density at radius 3 is 2.54 bits per heavy atom. The molecule has 5 heteroatoms. The van der Waals surface area contributed by atoms with Crippen molar-refractivity contribution in [2.75, 3.05) is 5.32 Å². The van der Waals surface area contributed by atoms with Gasteiger partial charge in [-0.1, -0.05) is 19.1 Å². The number of nitrogens with zero attached hydrogens (tertiary/aromatic N) is 2. The molecule has 0 radical (unpaired) electrons. The summed E-state index contributed by atoms with van der Waals surface area (Å²) in [6, 6.07) is 10.2. The van der Waals surface area contributed by atoms with Crippen molar-refractivity contribution in [2.45, 2.75) is 47.1 Å². The third kappa shape index (κ3) is 3.88. The summed E-state index contributed by atoms with van der Waals surface area (Å²) < 4.78 is 2.28. The predicted molar refractivity (Wildman–Crippen MR) is 109 cm³/mol. The van der Waals surface area contributed by atoms with Crippen molar-refractivity contribution in [3.8, 4) is 11.3 Å². The molecular weight excluding hydrogens is 342 g/mol. The smallest absolute Gasteiger partial charge is 0.231 e. The quantitative estimate of drug-likeness (QED) is 0.667. The Kier molecular flexibility index (Phi) is 5.57. The fourth-order valence-electron chi connectivity index (χ4n) is 3.23. The van der Waals surface area contributed by atoms with Crippen molar-refractivity contribution in [3.63, 3.8) is 0 Å². The molecule has 0 atom stereocenters. The number of carbonyl (C=O) groups excluding carboxylic acids is 1. The number of thiazole rings is 1. The third-order valence-corrected chi connectivity index (χ3v) is 5.52. The largest absolute Gasteiger partial charge is 0.349 e. The van der Waals surface area contributed by atoms with Gasteiger partial charge in [0.15, 0.2) is 0 Å². The Hall–Kier alpha value is -2.40. The summed E-state index contributed by atoms with van der Waals surface area (Å²) in [4.78, 5) is 17.0. The molecule has 136 valence electrons. The zero-order chi connectivity index (χ0) is 18.7. The van der Waals surface area contributed by atoms with Crippen LogP contribution in [0.3, 0.4) is 0 Å². The maximum absolute atomic E-state index is 12.3. The highest BCUT2D eigenvalue weighted by atomic mass is 32.1. The molecule has 26 heavy (non-hydrogen) atoms. The Bertz CT molecular complexity index is 906. The van der Waals surface area contributed by atoms with Crippen LogP contribution in [0.1, 0.15) is 35.8 Å². The van der Waals surface area contributed by atoms with E-state index in [0.29, 0.717) is 6.42 Å². The number of rotatable bonds is 6. The lowest BCUT2D eigenvalue weighted by Gasteiger charge is -2.05. The number of aromatic nitrogens is 2. The standard InChI is InChI=1S/C21H25N3OS/c1-5-16-7-9-17(10-8-16)22-20(25)12-21-23-19(13-26-21)18-11-14(3)24(6-2)15(18)4/h7-11,13H,5-6,12H2,1-4H3,(H,22,25). The second-order valence-electron chi connectivity index (χ2n) is 6.43. The van der Waals surface area contributed by atoms with E-state index < -0.39 is 0 Å². The molecule has 1 amide bonds. The number of carbonyl (C=O) groups is 1. The van der Waals surface area contributed by atoms with Gasteiger partial charge in [0.2, 0.25) is 5.91 Å². The summed E-state index contributed by atoms with van der Waals surface area (Å²) in [6.07, 6.45) is 1.29. The van der Waals surface area contributed by atoms with E-state index >= 15 is 0 Å². The Balaban J connectivity index is 1.69. The van der Waals surface area contributed by atoms with Crippen molar-refractivity contribution >= 4 is 22.9 Å². The molecular formula is C21H25N3OS. The Morgan fingerprint density at radius 2 is 1.92 bits per heavy atom. The van der Waals surface area contributed by atoms with Crippen LogP contribution < -0.4 is 5.32 Å². The van der Waals surface area contributed by atoms with Crippen LogP contribution in [0, 0.1) is 13.8 Å². The minimum Gasteiger partial charge on any atom is -0.349 e. The molecule has 4 nitrogen and oxygen atoms in total. The van der Waals surface area contributed by atoms with E-state index in [-0.39, 0.29) is 5.91 Å². The number of benzene rings is 1. The van der Waals surface area contributed by atoms with Crippen LogP contribution in [0.4, 0.5) is 5.69 Å². The fourth-order valence-corrected chi connectivity index (χ4v) is 4.02. The van der Waals surface area contributed by atoms with Gasteiger partial charge in [-0.25, -0.2) is 4.98 Å². The predicted octanol–water partition coefficient (Wildman–Crippen LogP) is 4.99. The summed E-state index contributed by atoms with van der Waals surface area (Å²) in [7, 11) is 0. The van der Waals surface area contributed by atoms with Crippen molar-refractivity contribution in [1.82, 2.24) is 9.55 Å². The zero-order valence-corrected chi connectivity index (χ0v) is 16.6. The first-order valence-electron chi connectivity index (χ1n) is 9.02. The maximum Gasteiger partial charge on any atom is 0.231 e. The van der Waals surface area contributed by atoms with Gasteiger partial charge in [0.05, 0.1) is 12.1 Å². The van der Waals surface area contributed by atoms with Crippen LogP contribution in [-0.2, 0) is 24.2 Å². The average molecular weight is 368 g/mol. The minimum absolute atomic E-state index is 0.0332. The van der Waals surface area contributed by atoms with Gasteiger partial charge in [-0.3, -0.25) is 4.79 Å². The van der Waals surface area contributed by atoms with Gasteiger partial charge < -0.3 is 9.88 Å². The molecule has 0 saturated carbocycles. The van der Waals surface area contributed by atoms with Gasteiger partial charge in [-0.2, -0.15) is 0 Å². The van der Waals surface area contributed by atoms with Gasteiger partial charge >= 0.3 is 0 Å². The molecule has 1 aromatic carbocycles. The van der Waals surface area contributed by atoms with E-state index in [2.05, 4.69) is 48.6 Å². The van der Waals surface area contributed by atoms with E-state index in [0.717, 1.165) is 34.9 Å². The Labute approximate surface area is 158 Å². The first-order valence-corrected chi connectivity index (χ1v) is 9.90. The molecule has 2 heterocycles. The van der Waals surface area contributed by atoms with Crippen LogP contribution in [-0.4, -0.2) is 15.5 Å². The van der Waals surface area contributed by atoms with Crippen LogP contribution in [0.25, 0.3) is 11.3 Å². The van der Waals surface area contributed by atoms with E-state index in [4.69, 9.17) is 0 Å². The van der Waals surface area contributed by atoms with Crippen LogP contribution in [0.15, 0.2) is 35.7 Å². The van der Waals surface area contributed by atoms with Gasteiger partial charge in [-0.15, -0.1) is 11.3 Å². The lowest BCUT2D eigenvalue weighted by molar-refractivity contribution is -0.115. The first-order chi connectivity index (χ1) is 12.5. The second-order valence-corrected chi connectivity index (χ2v) is 7.37. The molecule has 0 unspecified atom stereocenters. The number of anilines is 1. The van der Waals surface area contributed by atoms with Crippen molar-refractivity contribution in [3.05, 3.63) is 57.7 Å². The molecule has 0 bridgehead atoms. The topological polar surface area (TPSA) is 46.9 Å². The number of aryl methyl sites for hydroxylation is 2. The van der Waals surface area contributed by atoms with Crippen molar-refractivity contribution in [2.24, 2.45) is 0 Å². The normalized spacial score (nSPS) is 10.9. The van der Waals surface area contributed by atoms with Crippen molar-refractivity contribution in [1.29, 1.82) is 0 Å². The number of nitrogens with one attached hydrogen (secondary N) is 1. The second kappa shape index (κ2) is 7.87. The van der Waals surface area contributed by atoms with E-state index in [1.54, 1.807) is 0 Å². The molecule has 3 rings (SSSR count).